The average molecular weight is 179 g/mol. The van der Waals surface area contributed by atoms with Gasteiger partial charge in [0.25, 0.3) is 0 Å². The van der Waals surface area contributed by atoms with Gasteiger partial charge in [0, 0.05) is 12.7 Å². The van der Waals surface area contributed by atoms with E-state index in [0.717, 1.165) is 12.8 Å². The van der Waals surface area contributed by atoms with Crippen LogP contribution >= 0.6 is 0 Å². The molecule has 1 fully saturated rings. The van der Waals surface area contributed by atoms with Crippen LogP contribution in [0.5, 0.6) is 0 Å². The molecule has 0 spiro atoms. The number of ether oxygens (including phenoxy) is 1. The van der Waals surface area contributed by atoms with Gasteiger partial charge in [0.2, 0.25) is 0 Å². The molecule has 1 aliphatic heterocycles. The Labute approximate surface area is 77.7 Å². The molecule has 0 bridgehead atoms. The Balaban J connectivity index is 1.90. The summed E-state index contributed by atoms with van der Waals surface area (Å²) in [5, 5.41) is 0. The van der Waals surface area contributed by atoms with Gasteiger partial charge in [-0.1, -0.05) is 12.2 Å². The lowest BCUT2D eigenvalue weighted by Crippen LogP contribution is -2.31. The number of allylic oxidation sites excluding steroid dienone is 2. The molecule has 2 rings (SSSR count). The SMILES string of the molecule is CC1(OC(=O)N2C=CC=CC2)CC1. The number of amides is 1. The molecule has 0 saturated heterocycles. The van der Waals surface area contributed by atoms with E-state index in [1.807, 2.05) is 25.2 Å². The first-order chi connectivity index (χ1) is 6.20. The molecule has 0 aromatic carbocycles. The minimum Gasteiger partial charge on any atom is -0.443 e. The lowest BCUT2D eigenvalue weighted by Gasteiger charge is -2.20. The fraction of sp³-hybridized carbons (Fsp3) is 0.500. The molecule has 0 N–H and O–H groups in total. The van der Waals surface area contributed by atoms with E-state index < -0.39 is 0 Å². The number of nitrogens with zero attached hydrogens (tertiary/aromatic N) is 1. The largest absolute Gasteiger partial charge is 0.443 e. The summed E-state index contributed by atoms with van der Waals surface area (Å²) in [5.74, 6) is 0. The van der Waals surface area contributed by atoms with Gasteiger partial charge in [-0.15, -0.1) is 0 Å². The highest BCUT2D eigenvalue weighted by Crippen LogP contribution is 2.39. The number of hydrogen-bond donors (Lipinski definition) is 0. The summed E-state index contributed by atoms with van der Waals surface area (Å²) < 4.78 is 5.29. The van der Waals surface area contributed by atoms with Gasteiger partial charge >= 0.3 is 6.09 Å². The van der Waals surface area contributed by atoms with Gasteiger partial charge in [0.1, 0.15) is 5.60 Å². The van der Waals surface area contributed by atoms with Crippen LogP contribution in [-0.2, 0) is 4.74 Å². The van der Waals surface area contributed by atoms with Crippen molar-refractivity contribution in [2.45, 2.75) is 25.4 Å². The van der Waals surface area contributed by atoms with E-state index in [9.17, 15) is 4.79 Å². The first kappa shape index (κ1) is 8.35. The number of carbonyl (C=O) groups excluding carboxylic acids is 1. The predicted molar refractivity (Wildman–Crippen MR) is 49.1 cm³/mol. The minimum absolute atomic E-state index is 0.175. The van der Waals surface area contributed by atoms with Gasteiger partial charge in [-0.25, -0.2) is 4.79 Å². The fourth-order valence-electron chi connectivity index (χ4n) is 1.15. The Hall–Kier alpha value is -1.25. The standard InChI is InChI=1S/C10H13NO2/c1-10(5-6-10)13-9(12)11-7-3-2-4-8-11/h2-4,7H,5-6,8H2,1H3. The van der Waals surface area contributed by atoms with Crippen LogP contribution in [0, 0.1) is 0 Å². The van der Waals surface area contributed by atoms with Crippen LogP contribution in [-0.4, -0.2) is 23.1 Å². The summed E-state index contributed by atoms with van der Waals surface area (Å²) in [4.78, 5) is 13.0. The molecule has 0 atom stereocenters. The smallest absolute Gasteiger partial charge is 0.414 e. The molecular weight excluding hydrogens is 166 g/mol. The molecule has 0 aromatic rings. The molecule has 0 aromatic heterocycles. The summed E-state index contributed by atoms with van der Waals surface area (Å²) in [6, 6.07) is 0. The molecule has 0 unspecified atom stereocenters. The molecule has 1 amide bonds. The molecular formula is C10H13NO2. The third-order valence-corrected chi connectivity index (χ3v) is 2.34. The molecule has 70 valence electrons. The van der Waals surface area contributed by atoms with Gasteiger partial charge in [-0.05, 0) is 25.8 Å². The topological polar surface area (TPSA) is 29.5 Å². The highest BCUT2D eigenvalue weighted by Gasteiger charge is 2.42. The third-order valence-electron chi connectivity index (χ3n) is 2.34. The van der Waals surface area contributed by atoms with Gasteiger partial charge in [0.15, 0.2) is 0 Å². The van der Waals surface area contributed by atoms with Crippen molar-refractivity contribution < 1.29 is 9.53 Å². The summed E-state index contributed by atoms with van der Waals surface area (Å²) >= 11 is 0. The molecule has 1 saturated carbocycles. The summed E-state index contributed by atoms with van der Waals surface area (Å²) in [6.45, 7) is 2.58. The highest BCUT2D eigenvalue weighted by atomic mass is 16.6. The number of rotatable bonds is 1. The normalized spacial score (nSPS) is 23.0. The number of hydrogen-bond acceptors (Lipinski definition) is 2. The molecule has 13 heavy (non-hydrogen) atoms. The Morgan fingerprint density at radius 2 is 2.23 bits per heavy atom. The van der Waals surface area contributed by atoms with Crippen LogP contribution in [0.4, 0.5) is 4.79 Å². The van der Waals surface area contributed by atoms with Crippen molar-refractivity contribution in [3.63, 3.8) is 0 Å². The van der Waals surface area contributed by atoms with Gasteiger partial charge in [-0.3, -0.25) is 4.90 Å². The average Bonchev–Trinajstić information content (AvgIpc) is 2.85. The van der Waals surface area contributed by atoms with Crippen molar-refractivity contribution in [2.24, 2.45) is 0 Å². The monoisotopic (exact) mass is 179 g/mol. The Morgan fingerprint density at radius 1 is 1.46 bits per heavy atom. The van der Waals surface area contributed by atoms with Crippen molar-refractivity contribution in [3.05, 3.63) is 24.4 Å². The number of carbonyl (C=O) groups is 1. The summed E-state index contributed by atoms with van der Waals surface area (Å²) in [5.41, 5.74) is -0.175. The Morgan fingerprint density at radius 3 is 2.77 bits per heavy atom. The second-order valence-electron chi connectivity index (χ2n) is 3.74. The van der Waals surface area contributed by atoms with Crippen molar-refractivity contribution >= 4 is 6.09 Å². The molecule has 3 heteroatoms. The maximum atomic E-state index is 11.5. The van der Waals surface area contributed by atoms with Crippen molar-refractivity contribution in [1.29, 1.82) is 0 Å². The minimum atomic E-state index is -0.236. The van der Waals surface area contributed by atoms with E-state index in [4.69, 9.17) is 4.74 Å². The first-order valence-electron chi connectivity index (χ1n) is 4.53. The van der Waals surface area contributed by atoms with Gasteiger partial charge in [0.05, 0.1) is 0 Å². The van der Waals surface area contributed by atoms with Crippen LogP contribution < -0.4 is 0 Å². The van der Waals surface area contributed by atoms with E-state index >= 15 is 0 Å². The summed E-state index contributed by atoms with van der Waals surface area (Å²) in [6.07, 6.45) is 9.17. The molecule has 2 aliphatic rings. The zero-order valence-corrected chi connectivity index (χ0v) is 7.69. The van der Waals surface area contributed by atoms with Crippen LogP contribution in [0.1, 0.15) is 19.8 Å². The summed E-state index contributed by atoms with van der Waals surface area (Å²) in [7, 11) is 0. The Kier molecular flexibility index (Phi) is 1.87. The van der Waals surface area contributed by atoms with E-state index in [1.54, 1.807) is 11.1 Å². The van der Waals surface area contributed by atoms with E-state index in [1.165, 1.54) is 0 Å². The lowest BCUT2D eigenvalue weighted by atomic mass is 10.3. The van der Waals surface area contributed by atoms with E-state index in [-0.39, 0.29) is 11.7 Å². The van der Waals surface area contributed by atoms with Crippen molar-refractivity contribution in [1.82, 2.24) is 4.90 Å². The van der Waals surface area contributed by atoms with Gasteiger partial charge in [-0.2, -0.15) is 0 Å². The third kappa shape index (κ3) is 1.91. The zero-order chi connectivity index (χ0) is 9.31. The Bertz CT molecular complexity index is 277. The first-order valence-corrected chi connectivity index (χ1v) is 4.53. The van der Waals surface area contributed by atoms with E-state index in [2.05, 4.69) is 0 Å². The van der Waals surface area contributed by atoms with E-state index in [0.29, 0.717) is 6.54 Å². The fourth-order valence-corrected chi connectivity index (χ4v) is 1.15. The van der Waals surface area contributed by atoms with Crippen LogP contribution in [0.3, 0.4) is 0 Å². The highest BCUT2D eigenvalue weighted by molar-refractivity contribution is 5.70. The molecule has 1 aliphatic carbocycles. The quantitative estimate of drug-likeness (QED) is 0.616. The zero-order valence-electron chi connectivity index (χ0n) is 7.69. The van der Waals surface area contributed by atoms with Crippen LogP contribution in [0.2, 0.25) is 0 Å². The molecule has 0 radical (unpaired) electrons. The second kappa shape index (κ2) is 2.91. The van der Waals surface area contributed by atoms with Crippen molar-refractivity contribution in [3.8, 4) is 0 Å². The van der Waals surface area contributed by atoms with Crippen LogP contribution in [0.25, 0.3) is 0 Å². The second-order valence-corrected chi connectivity index (χ2v) is 3.74. The lowest BCUT2D eigenvalue weighted by molar-refractivity contribution is 0.0715. The van der Waals surface area contributed by atoms with Gasteiger partial charge < -0.3 is 4.74 Å². The molecule has 3 nitrogen and oxygen atoms in total. The maximum absolute atomic E-state index is 11.5. The predicted octanol–water partition coefficient (Wildman–Crippen LogP) is 2.06. The molecule has 1 heterocycles. The van der Waals surface area contributed by atoms with Crippen molar-refractivity contribution in [2.75, 3.05) is 6.54 Å². The van der Waals surface area contributed by atoms with Crippen LogP contribution in [0.15, 0.2) is 24.4 Å². The maximum Gasteiger partial charge on any atom is 0.414 e.